The topological polar surface area (TPSA) is 92.1 Å². The Morgan fingerprint density at radius 1 is 0.887 bits per heavy atom. The fourth-order valence-corrected chi connectivity index (χ4v) is 8.06. The molecule has 4 aromatic carbocycles. The third-order valence-electron chi connectivity index (χ3n) is 9.40. The fourth-order valence-electron chi connectivity index (χ4n) is 6.96. The fraction of sp³-hybridized carbons (Fsp3) is 0.256. The number of ether oxygens (including phenoxy) is 2. The van der Waals surface area contributed by atoms with Crippen LogP contribution < -0.4 is 14.8 Å². The van der Waals surface area contributed by atoms with Gasteiger partial charge in [0, 0.05) is 43.1 Å². The van der Waals surface area contributed by atoms with Gasteiger partial charge in [0.1, 0.15) is 18.8 Å². The molecule has 1 aromatic heterocycles. The van der Waals surface area contributed by atoms with Crippen molar-refractivity contribution in [2.45, 2.75) is 43.7 Å². The van der Waals surface area contributed by atoms with Crippen LogP contribution in [0.2, 0.25) is 0 Å². The first-order valence-corrected chi connectivity index (χ1v) is 18.6. The monoisotopic (exact) mass is 727 g/mol. The molecule has 0 unspecified atom stereocenters. The number of benzene rings is 4. The largest absolute Gasteiger partial charge is 0.459 e. The number of nitrogens with zero attached hydrogens (tertiary/aromatic N) is 3. The molecular formula is C43H43N4O5S+. The average Bonchev–Trinajstić information content (AvgIpc) is 3.64. The Balaban J connectivity index is 1.03. The number of hydrogen-bond donors (Lipinski definition) is 1. The molecule has 0 radical (unpaired) electrons. The standard InChI is InChI=1S/C43H42N4O5S/c1-43(2,3)52-41(49)27-47(24-22-44-42(50)51-28-35-33-16-7-5-14-31(33)32-15-6-8-17-34(32)35)39(48)26-46-23-21-29(30-13-9-10-18-36(30)46)25-40-45(4)37-19-11-12-20-38(37)53-40/h5-21,23,25,35H,22,24,26-28H2,1-4H3/p+1. The molecule has 2 amide bonds. The van der Waals surface area contributed by atoms with Crippen LogP contribution in [0.5, 0.6) is 0 Å². The normalized spacial score (nSPS) is 14.1. The molecule has 0 saturated carbocycles. The summed E-state index contributed by atoms with van der Waals surface area (Å²) in [5.41, 5.74) is 6.92. The van der Waals surface area contributed by atoms with Crippen molar-refractivity contribution in [1.82, 2.24) is 10.2 Å². The highest BCUT2D eigenvalue weighted by Crippen LogP contribution is 2.46. The number of rotatable bonds is 10. The van der Waals surface area contributed by atoms with Gasteiger partial charge in [-0.3, -0.25) is 9.59 Å². The summed E-state index contributed by atoms with van der Waals surface area (Å²) in [4.78, 5) is 44.6. The van der Waals surface area contributed by atoms with Crippen molar-refractivity contribution >= 4 is 52.4 Å². The van der Waals surface area contributed by atoms with Crippen LogP contribution >= 0.6 is 11.8 Å². The Morgan fingerprint density at radius 2 is 1.55 bits per heavy atom. The lowest BCUT2D eigenvalue weighted by molar-refractivity contribution is -0.659. The first kappa shape index (κ1) is 35.8. The van der Waals surface area contributed by atoms with Gasteiger partial charge in [-0.1, -0.05) is 84.6 Å². The number of thioether (sulfide) groups is 1. The lowest BCUT2D eigenvalue weighted by Gasteiger charge is -2.24. The number of aromatic nitrogens is 1. The van der Waals surface area contributed by atoms with Crippen LogP contribution in [0, 0.1) is 0 Å². The van der Waals surface area contributed by atoms with Crippen molar-refractivity contribution in [2.75, 3.05) is 38.2 Å². The maximum atomic E-state index is 13.9. The number of carbonyl (C=O) groups is 3. The summed E-state index contributed by atoms with van der Waals surface area (Å²) >= 11 is 1.73. The number of nitrogens with one attached hydrogen (secondary N) is 1. The van der Waals surface area contributed by atoms with Crippen molar-refractivity contribution < 1.29 is 28.4 Å². The van der Waals surface area contributed by atoms with Gasteiger partial charge in [0.05, 0.1) is 16.1 Å². The minimum absolute atomic E-state index is 0.00873. The Labute approximate surface area is 314 Å². The molecule has 7 rings (SSSR count). The third kappa shape index (κ3) is 7.93. The summed E-state index contributed by atoms with van der Waals surface area (Å²) in [6.45, 7) is 5.46. The van der Waals surface area contributed by atoms with E-state index in [4.69, 9.17) is 9.47 Å². The molecular weight excluding hydrogens is 685 g/mol. The van der Waals surface area contributed by atoms with Crippen molar-refractivity contribution in [3.8, 4) is 11.1 Å². The second-order valence-corrected chi connectivity index (χ2v) is 15.2. The van der Waals surface area contributed by atoms with Crippen molar-refractivity contribution in [3.63, 3.8) is 0 Å². The summed E-state index contributed by atoms with van der Waals surface area (Å²) < 4.78 is 13.2. The van der Waals surface area contributed by atoms with E-state index in [2.05, 4.69) is 59.7 Å². The van der Waals surface area contributed by atoms with E-state index in [-0.39, 0.29) is 44.6 Å². The van der Waals surface area contributed by atoms with Gasteiger partial charge in [0.15, 0.2) is 6.20 Å². The molecule has 0 fully saturated rings. The van der Waals surface area contributed by atoms with Crippen LogP contribution in [-0.2, 0) is 25.6 Å². The zero-order valence-corrected chi connectivity index (χ0v) is 31.2. The second kappa shape index (κ2) is 15.2. The van der Waals surface area contributed by atoms with Gasteiger partial charge in [-0.05, 0) is 72.9 Å². The first-order valence-electron chi connectivity index (χ1n) is 17.8. The Hall–Kier alpha value is -5.61. The number of pyridine rings is 1. The van der Waals surface area contributed by atoms with E-state index in [1.165, 1.54) is 15.5 Å². The molecule has 10 heteroatoms. The minimum atomic E-state index is -0.715. The van der Waals surface area contributed by atoms with E-state index in [0.717, 1.165) is 43.7 Å². The zero-order valence-electron chi connectivity index (χ0n) is 30.4. The molecule has 53 heavy (non-hydrogen) atoms. The summed E-state index contributed by atoms with van der Waals surface area (Å²) in [5.74, 6) is -0.877. The summed E-state index contributed by atoms with van der Waals surface area (Å²) in [6.07, 6.45) is 3.49. The Bertz CT molecular complexity index is 2180. The number of hydrogen-bond acceptors (Lipinski definition) is 7. The van der Waals surface area contributed by atoms with E-state index in [0.29, 0.717) is 0 Å². The minimum Gasteiger partial charge on any atom is -0.459 e. The van der Waals surface area contributed by atoms with E-state index < -0.39 is 17.7 Å². The first-order chi connectivity index (χ1) is 25.6. The molecule has 1 aliphatic carbocycles. The highest BCUT2D eigenvalue weighted by atomic mass is 32.2. The summed E-state index contributed by atoms with van der Waals surface area (Å²) in [7, 11) is 2.07. The lowest BCUT2D eigenvalue weighted by Crippen LogP contribution is -2.49. The van der Waals surface area contributed by atoms with Gasteiger partial charge < -0.3 is 24.6 Å². The van der Waals surface area contributed by atoms with Gasteiger partial charge >= 0.3 is 12.1 Å². The molecule has 5 aromatic rings. The van der Waals surface area contributed by atoms with Crippen LogP contribution in [0.3, 0.4) is 0 Å². The maximum Gasteiger partial charge on any atom is 0.407 e. The van der Waals surface area contributed by atoms with E-state index in [1.54, 1.807) is 32.5 Å². The second-order valence-electron chi connectivity index (χ2n) is 14.2. The van der Waals surface area contributed by atoms with Crippen molar-refractivity contribution in [2.24, 2.45) is 0 Å². The third-order valence-corrected chi connectivity index (χ3v) is 10.6. The van der Waals surface area contributed by atoms with E-state index in [9.17, 15) is 14.4 Å². The average molecular weight is 728 g/mol. The highest BCUT2D eigenvalue weighted by Gasteiger charge is 2.30. The van der Waals surface area contributed by atoms with Crippen LogP contribution in [0.4, 0.5) is 10.5 Å². The van der Waals surface area contributed by atoms with Gasteiger partial charge in [-0.2, -0.15) is 4.57 Å². The van der Waals surface area contributed by atoms with Crippen molar-refractivity contribution in [3.05, 3.63) is 131 Å². The van der Waals surface area contributed by atoms with Crippen LogP contribution in [0.25, 0.3) is 28.1 Å². The van der Waals surface area contributed by atoms with Gasteiger partial charge in [-0.25, -0.2) is 4.79 Å². The quantitative estimate of drug-likeness (QED) is 0.119. The number of amides is 2. The molecule has 0 bridgehead atoms. The van der Waals surface area contributed by atoms with Crippen LogP contribution in [0.15, 0.2) is 119 Å². The summed E-state index contributed by atoms with van der Waals surface area (Å²) in [6, 6.07) is 34.6. The van der Waals surface area contributed by atoms with Gasteiger partial charge in [0.2, 0.25) is 12.1 Å². The van der Waals surface area contributed by atoms with E-state index in [1.807, 2.05) is 77.5 Å². The Morgan fingerprint density at radius 3 is 2.26 bits per heavy atom. The number of para-hydroxylation sites is 2. The smallest absolute Gasteiger partial charge is 0.407 e. The molecule has 0 spiro atoms. The molecule has 270 valence electrons. The number of anilines is 1. The predicted molar refractivity (Wildman–Crippen MR) is 208 cm³/mol. The van der Waals surface area contributed by atoms with Crippen molar-refractivity contribution in [1.29, 1.82) is 0 Å². The summed E-state index contributed by atoms with van der Waals surface area (Å²) in [5, 5.41) is 4.89. The molecule has 0 saturated heterocycles. The molecule has 9 nitrogen and oxygen atoms in total. The predicted octanol–water partition coefficient (Wildman–Crippen LogP) is 7.38. The van der Waals surface area contributed by atoms with Crippen LogP contribution in [-0.4, -0.2) is 61.8 Å². The molecule has 2 aliphatic rings. The lowest BCUT2D eigenvalue weighted by atomic mass is 9.98. The van der Waals surface area contributed by atoms with Gasteiger partial charge in [-0.15, -0.1) is 0 Å². The number of fused-ring (bicyclic) bond motifs is 5. The SMILES string of the molecule is CN1/C(=C/c2cc[n+](CC(=O)N(CCNC(=O)OCC3c4ccccc4-c4ccccc43)CC(=O)OC(C)(C)C)c3ccccc23)Sc2ccccc21. The molecule has 1 N–H and O–H groups in total. The Kier molecular flexibility index (Phi) is 10.2. The number of carbonyl (C=O) groups excluding carboxylic acids is 3. The zero-order chi connectivity index (χ0) is 37.1. The highest BCUT2D eigenvalue weighted by molar-refractivity contribution is 8.03. The molecule has 0 atom stereocenters. The van der Waals surface area contributed by atoms with Crippen LogP contribution in [0.1, 0.15) is 43.4 Å². The number of esters is 1. The molecule has 2 heterocycles. The maximum absolute atomic E-state index is 13.9. The molecule has 1 aliphatic heterocycles. The van der Waals surface area contributed by atoms with E-state index >= 15 is 0 Å². The van der Waals surface area contributed by atoms with Gasteiger partial charge in [0.25, 0.3) is 5.91 Å². The number of alkyl carbamates (subject to hydrolysis) is 1.